The van der Waals surface area contributed by atoms with Crippen molar-refractivity contribution in [2.45, 2.75) is 12.1 Å². The normalized spacial score (nSPS) is 21.3. The summed E-state index contributed by atoms with van der Waals surface area (Å²) < 4.78 is 18.6. The Hall–Kier alpha value is -2.32. The third kappa shape index (κ3) is 3.22. The Morgan fingerprint density at radius 3 is 2.83 bits per heavy atom. The fourth-order valence-corrected chi connectivity index (χ4v) is 2.98. The second-order valence-corrected chi connectivity index (χ2v) is 5.95. The Morgan fingerprint density at radius 1 is 1.43 bits per heavy atom. The lowest BCUT2D eigenvalue weighted by atomic mass is 9.97. The lowest BCUT2D eigenvalue weighted by Gasteiger charge is -2.38. The van der Waals surface area contributed by atoms with E-state index in [0.29, 0.717) is 10.7 Å². The first-order valence-corrected chi connectivity index (χ1v) is 7.77. The number of amides is 2. The molecule has 0 unspecified atom stereocenters. The SMILES string of the molecule is CN1C(=O)CO[C@@H](C(=O)Nc2nccs2)[C@@H]1c1ccc(F)cc1. The average molecular weight is 335 g/mol. The molecule has 2 aromatic rings. The zero-order valence-corrected chi connectivity index (χ0v) is 13.0. The average Bonchev–Trinajstić information content (AvgIpc) is 3.04. The Bertz CT molecular complexity index is 705. The van der Waals surface area contributed by atoms with Crippen LogP contribution < -0.4 is 5.32 Å². The van der Waals surface area contributed by atoms with E-state index in [1.54, 1.807) is 30.8 Å². The smallest absolute Gasteiger partial charge is 0.257 e. The van der Waals surface area contributed by atoms with Crippen molar-refractivity contribution in [1.82, 2.24) is 9.88 Å². The number of anilines is 1. The maximum atomic E-state index is 13.1. The van der Waals surface area contributed by atoms with Crippen LogP contribution in [0.2, 0.25) is 0 Å². The van der Waals surface area contributed by atoms with Gasteiger partial charge in [0.15, 0.2) is 11.2 Å². The minimum absolute atomic E-state index is 0.176. The maximum Gasteiger partial charge on any atom is 0.257 e. The van der Waals surface area contributed by atoms with Gasteiger partial charge in [0.25, 0.3) is 5.91 Å². The van der Waals surface area contributed by atoms with Crippen LogP contribution in [0.15, 0.2) is 35.8 Å². The van der Waals surface area contributed by atoms with Gasteiger partial charge in [0.1, 0.15) is 12.4 Å². The molecule has 1 aromatic carbocycles. The molecule has 8 heteroatoms. The predicted octanol–water partition coefficient (Wildman–Crippen LogP) is 1.82. The minimum atomic E-state index is -0.896. The number of nitrogens with zero attached hydrogens (tertiary/aromatic N) is 2. The molecule has 6 nitrogen and oxygen atoms in total. The molecule has 2 atom stereocenters. The van der Waals surface area contributed by atoms with Crippen LogP contribution in [0.4, 0.5) is 9.52 Å². The molecule has 3 rings (SSSR count). The Balaban J connectivity index is 1.88. The fraction of sp³-hybridized carbons (Fsp3) is 0.267. The van der Waals surface area contributed by atoms with Gasteiger partial charge in [-0.3, -0.25) is 14.9 Å². The fourth-order valence-electron chi connectivity index (χ4n) is 2.45. The van der Waals surface area contributed by atoms with Crippen molar-refractivity contribution in [2.24, 2.45) is 0 Å². The standard InChI is InChI=1S/C15H14FN3O3S/c1-19-11(20)8-22-13(14(21)18-15-17-6-7-23-15)12(19)9-2-4-10(16)5-3-9/h2-7,12-13H,8H2,1H3,(H,17,18,21)/t12-,13+/m0/s1. The Morgan fingerprint density at radius 2 is 2.17 bits per heavy atom. The van der Waals surface area contributed by atoms with Gasteiger partial charge in [0.2, 0.25) is 5.91 Å². The van der Waals surface area contributed by atoms with E-state index >= 15 is 0 Å². The van der Waals surface area contributed by atoms with Gasteiger partial charge in [-0.15, -0.1) is 11.3 Å². The molecule has 1 aromatic heterocycles. The Labute approximate surface area is 135 Å². The van der Waals surface area contributed by atoms with E-state index < -0.39 is 18.1 Å². The number of morpholine rings is 1. The molecule has 1 saturated heterocycles. The van der Waals surface area contributed by atoms with Crippen LogP contribution in [0.5, 0.6) is 0 Å². The van der Waals surface area contributed by atoms with E-state index in [0.717, 1.165) is 0 Å². The van der Waals surface area contributed by atoms with E-state index in [4.69, 9.17) is 4.74 Å². The highest BCUT2D eigenvalue weighted by Gasteiger charge is 2.40. The van der Waals surface area contributed by atoms with Gasteiger partial charge in [-0.1, -0.05) is 12.1 Å². The molecule has 2 heterocycles. The van der Waals surface area contributed by atoms with Crippen molar-refractivity contribution < 1.29 is 18.7 Å². The van der Waals surface area contributed by atoms with Gasteiger partial charge in [-0.05, 0) is 17.7 Å². The first-order valence-electron chi connectivity index (χ1n) is 6.89. The summed E-state index contributed by atoms with van der Waals surface area (Å²) in [5.41, 5.74) is 0.626. The second-order valence-electron chi connectivity index (χ2n) is 5.06. The molecule has 2 amide bonds. The predicted molar refractivity (Wildman–Crippen MR) is 82.4 cm³/mol. The lowest BCUT2D eigenvalue weighted by molar-refractivity contribution is -0.160. The summed E-state index contributed by atoms with van der Waals surface area (Å²) >= 11 is 1.29. The quantitative estimate of drug-likeness (QED) is 0.929. The van der Waals surface area contributed by atoms with Gasteiger partial charge in [0.05, 0.1) is 6.04 Å². The van der Waals surface area contributed by atoms with Gasteiger partial charge in [-0.2, -0.15) is 0 Å². The van der Waals surface area contributed by atoms with Crippen LogP contribution in [0.1, 0.15) is 11.6 Å². The first-order chi connectivity index (χ1) is 11.1. The van der Waals surface area contributed by atoms with Gasteiger partial charge in [0, 0.05) is 18.6 Å². The van der Waals surface area contributed by atoms with Crippen LogP contribution in [0.3, 0.4) is 0 Å². The highest BCUT2D eigenvalue weighted by atomic mass is 32.1. The Kier molecular flexibility index (Phi) is 4.35. The molecule has 0 saturated carbocycles. The topological polar surface area (TPSA) is 71.5 Å². The molecule has 120 valence electrons. The van der Waals surface area contributed by atoms with Crippen LogP contribution in [-0.2, 0) is 14.3 Å². The lowest BCUT2D eigenvalue weighted by Crippen LogP contribution is -2.51. The van der Waals surface area contributed by atoms with Gasteiger partial charge in [-0.25, -0.2) is 9.37 Å². The van der Waals surface area contributed by atoms with Crippen molar-refractivity contribution >= 4 is 28.3 Å². The number of carbonyl (C=O) groups excluding carboxylic acids is 2. The number of hydrogen-bond donors (Lipinski definition) is 1. The summed E-state index contributed by atoms with van der Waals surface area (Å²) in [5, 5.41) is 4.86. The highest BCUT2D eigenvalue weighted by molar-refractivity contribution is 7.13. The third-order valence-corrected chi connectivity index (χ3v) is 4.30. The van der Waals surface area contributed by atoms with Crippen molar-refractivity contribution in [3.63, 3.8) is 0 Å². The number of thiazole rings is 1. The first kappa shape index (κ1) is 15.6. The number of ether oxygens (including phenoxy) is 1. The van der Waals surface area contributed by atoms with Gasteiger partial charge < -0.3 is 9.64 Å². The third-order valence-electron chi connectivity index (χ3n) is 3.62. The van der Waals surface area contributed by atoms with E-state index in [1.807, 2.05) is 0 Å². The van der Waals surface area contributed by atoms with E-state index in [-0.39, 0.29) is 18.3 Å². The summed E-state index contributed by atoms with van der Waals surface area (Å²) in [6.45, 7) is -0.176. The van der Waals surface area contributed by atoms with Crippen molar-refractivity contribution in [2.75, 3.05) is 19.0 Å². The molecule has 0 bridgehead atoms. The van der Waals surface area contributed by atoms with Crippen LogP contribution in [-0.4, -0.2) is 41.5 Å². The monoisotopic (exact) mass is 335 g/mol. The van der Waals surface area contributed by atoms with Crippen molar-refractivity contribution in [1.29, 1.82) is 0 Å². The number of benzene rings is 1. The number of aromatic nitrogens is 1. The molecule has 1 aliphatic heterocycles. The van der Waals surface area contributed by atoms with Crippen LogP contribution in [0, 0.1) is 5.82 Å². The molecule has 0 aliphatic carbocycles. The summed E-state index contributed by atoms with van der Waals surface area (Å²) in [6.07, 6.45) is 0.682. The second kappa shape index (κ2) is 6.43. The number of carbonyl (C=O) groups is 2. The minimum Gasteiger partial charge on any atom is -0.356 e. The maximum absolute atomic E-state index is 13.1. The molecule has 0 radical (unpaired) electrons. The van der Waals surface area contributed by atoms with Crippen molar-refractivity contribution in [3.05, 3.63) is 47.2 Å². The number of nitrogens with one attached hydrogen (secondary N) is 1. The number of hydrogen-bond acceptors (Lipinski definition) is 5. The summed E-state index contributed by atoms with van der Waals surface area (Å²) in [6, 6.07) is 5.04. The number of likely N-dealkylation sites (N-methyl/N-ethyl adjacent to an activating group) is 1. The summed E-state index contributed by atoms with van der Waals surface area (Å²) in [5.74, 6) is -1.02. The van der Waals surface area contributed by atoms with E-state index in [1.165, 1.54) is 28.4 Å². The number of halogens is 1. The highest BCUT2D eigenvalue weighted by Crippen LogP contribution is 2.30. The van der Waals surface area contributed by atoms with Crippen LogP contribution in [0.25, 0.3) is 0 Å². The molecular formula is C15H14FN3O3S. The molecular weight excluding hydrogens is 321 g/mol. The molecule has 1 N–H and O–H groups in total. The number of rotatable bonds is 3. The molecule has 0 spiro atoms. The van der Waals surface area contributed by atoms with E-state index in [2.05, 4.69) is 10.3 Å². The zero-order valence-electron chi connectivity index (χ0n) is 12.2. The van der Waals surface area contributed by atoms with E-state index in [9.17, 15) is 14.0 Å². The summed E-state index contributed by atoms with van der Waals surface area (Å²) in [4.78, 5) is 29.8. The van der Waals surface area contributed by atoms with Crippen molar-refractivity contribution in [3.8, 4) is 0 Å². The molecule has 1 aliphatic rings. The van der Waals surface area contributed by atoms with Gasteiger partial charge >= 0.3 is 0 Å². The largest absolute Gasteiger partial charge is 0.356 e. The van der Waals surface area contributed by atoms with Crippen LogP contribution >= 0.6 is 11.3 Å². The zero-order chi connectivity index (χ0) is 16.4. The molecule has 23 heavy (non-hydrogen) atoms. The summed E-state index contributed by atoms with van der Waals surface area (Å²) in [7, 11) is 1.60. The molecule has 1 fully saturated rings.